The van der Waals surface area contributed by atoms with Crippen LogP contribution in [0.5, 0.6) is 5.75 Å². The molecule has 35 heavy (non-hydrogen) atoms. The van der Waals surface area contributed by atoms with Gasteiger partial charge in [0.25, 0.3) is 10.0 Å². The number of nitrogens with one attached hydrogen (secondary N) is 1. The Hall–Kier alpha value is -2.75. The topological polar surface area (TPSA) is 75.7 Å². The number of rotatable bonds is 12. The van der Waals surface area contributed by atoms with Crippen molar-refractivity contribution in [3.8, 4) is 5.75 Å². The fraction of sp³-hybridized carbons (Fsp3) is 0.240. The molecular weight excluding hydrogens is 511 g/mol. The Morgan fingerprint density at radius 3 is 2.46 bits per heavy atom. The molecule has 0 saturated carbocycles. The maximum absolute atomic E-state index is 13.4. The molecule has 0 fully saturated rings. The minimum absolute atomic E-state index is 0.113. The quantitative estimate of drug-likeness (QED) is 0.325. The summed E-state index contributed by atoms with van der Waals surface area (Å²) in [5, 5.41) is 3.44. The van der Waals surface area contributed by atoms with Crippen molar-refractivity contribution in [1.82, 2.24) is 5.32 Å². The molecule has 6 nitrogen and oxygen atoms in total. The minimum Gasteiger partial charge on any atom is -0.494 e. The number of thioether (sulfide) groups is 1. The molecular formula is C25H26ClFN2O4S2. The average Bonchev–Trinajstić information content (AvgIpc) is 2.83. The highest BCUT2D eigenvalue weighted by atomic mass is 35.5. The minimum atomic E-state index is -4.12. The van der Waals surface area contributed by atoms with Crippen LogP contribution in [0, 0.1) is 5.82 Å². The van der Waals surface area contributed by atoms with Crippen molar-refractivity contribution in [2.75, 3.05) is 29.8 Å². The van der Waals surface area contributed by atoms with Gasteiger partial charge in [-0.1, -0.05) is 23.7 Å². The number of sulfonamides is 1. The Balaban J connectivity index is 1.66. The van der Waals surface area contributed by atoms with E-state index in [9.17, 15) is 17.6 Å². The number of amides is 1. The summed E-state index contributed by atoms with van der Waals surface area (Å²) >= 11 is 7.62. The molecule has 3 aromatic rings. The SMILES string of the molecule is CCOc1ccc(N(CC(=O)NCCSCc2cccc(Cl)c2)S(=O)(=O)c2ccc(F)cc2)cc1. The van der Waals surface area contributed by atoms with Gasteiger partial charge < -0.3 is 10.1 Å². The second-order valence-electron chi connectivity index (χ2n) is 7.42. The molecule has 0 radical (unpaired) electrons. The number of halogens is 2. The number of carbonyl (C=O) groups is 1. The molecule has 0 spiro atoms. The van der Waals surface area contributed by atoms with Crippen molar-refractivity contribution in [3.05, 3.63) is 89.2 Å². The van der Waals surface area contributed by atoms with Crippen LogP contribution in [0.2, 0.25) is 5.02 Å². The predicted molar refractivity (Wildman–Crippen MR) is 139 cm³/mol. The monoisotopic (exact) mass is 536 g/mol. The van der Waals surface area contributed by atoms with E-state index in [1.165, 1.54) is 12.1 Å². The van der Waals surface area contributed by atoms with Crippen LogP contribution >= 0.6 is 23.4 Å². The third-order valence-corrected chi connectivity index (χ3v) is 7.90. The number of nitrogens with zero attached hydrogens (tertiary/aromatic N) is 1. The zero-order valence-corrected chi connectivity index (χ0v) is 21.5. The van der Waals surface area contributed by atoms with Gasteiger partial charge in [0.05, 0.1) is 17.2 Å². The Morgan fingerprint density at radius 1 is 1.09 bits per heavy atom. The van der Waals surface area contributed by atoms with Gasteiger partial charge >= 0.3 is 0 Å². The number of ether oxygens (including phenoxy) is 1. The molecule has 0 aromatic heterocycles. The predicted octanol–water partition coefficient (Wildman–Crippen LogP) is 5.12. The first-order valence-corrected chi connectivity index (χ1v) is 13.9. The van der Waals surface area contributed by atoms with Gasteiger partial charge in [-0.3, -0.25) is 9.10 Å². The lowest BCUT2D eigenvalue weighted by Crippen LogP contribution is -2.41. The van der Waals surface area contributed by atoms with Crippen LogP contribution in [0.15, 0.2) is 77.7 Å². The zero-order chi connectivity index (χ0) is 25.3. The summed E-state index contributed by atoms with van der Waals surface area (Å²) in [6.45, 7) is 2.26. The molecule has 0 aliphatic rings. The summed E-state index contributed by atoms with van der Waals surface area (Å²) in [5.41, 5.74) is 1.38. The first kappa shape index (κ1) is 26.8. The van der Waals surface area contributed by atoms with Crippen molar-refractivity contribution in [2.24, 2.45) is 0 Å². The van der Waals surface area contributed by atoms with Gasteiger partial charge in [0.2, 0.25) is 5.91 Å². The standard InChI is InChI=1S/C25H26ClFN2O4S2/c1-2-33-23-10-8-22(9-11-23)29(35(31,32)24-12-6-21(27)7-13-24)17-25(30)28-14-15-34-18-19-4-3-5-20(26)16-19/h3-13,16H,2,14-15,17-18H2,1H3,(H,28,30). The third-order valence-electron chi connectivity index (χ3n) is 4.85. The van der Waals surface area contributed by atoms with Crippen LogP contribution < -0.4 is 14.4 Å². The molecule has 1 N–H and O–H groups in total. The van der Waals surface area contributed by atoms with E-state index in [-0.39, 0.29) is 4.90 Å². The summed E-state index contributed by atoms with van der Waals surface area (Å²) in [5.74, 6) is 0.966. The lowest BCUT2D eigenvalue weighted by molar-refractivity contribution is -0.119. The van der Waals surface area contributed by atoms with E-state index < -0.39 is 28.3 Å². The van der Waals surface area contributed by atoms with Crippen LogP contribution in [-0.2, 0) is 20.6 Å². The number of benzene rings is 3. The first-order chi connectivity index (χ1) is 16.8. The molecule has 3 rings (SSSR count). The van der Waals surface area contributed by atoms with Gasteiger partial charge in [-0.2, -0.15) is 11.8 Å². The van der Waals surface area contributed by atoms with Crippen LogP contribution in [0.3, 0.4) is 0 Å². The van der Waals surface area contributed by atoms with E-state index in [4.69, 9.17) is 16.3 Å². The Kier molecular flexibility index (Phi) is 9.83. The molecule has 3 aromatic carbocycles. The lowest BCUT2D eigenvalue weighted by Gasteiger charge is -2.24. The highest BCUT2D eigenvalue weighted by Gasteiger charge is 2.27. The molecule has 0 saturated heterocycles. The van der Waals surface area contributed by atoms with E-state index in [1.807, 2.05) is 31.2 Å². The van der Waals surface area contributed by atoms with Crippen LogP contribution in [0.1, 0.15) is 12.5 Å². The smallest absolute Gasteiger partial charge is 0.264 e. The largest absolute Gasteiger partial charge is 0.494 e. The van der Waals surface area contributed by atoms with Gasteiger partial charge in [-0.05, 0) is 73.2 Å². The highest BCUT2D eigenvalue weighted by molar-refractivity contribution is 7.98. The maximum atomic E-state index is 13.4. The zero-order valence-electron chi connectivity index (χ0n) is 19.1. The number of carbonyl (C=O) groups excluding carboxylic acids is 1. The summed E-state index contributed by atoms with van der Waals surface area (Å²) in [4.78, 5) is 12.6. The number of hydrogen-bond acceptors (Lipinski definition) is 5. The second-order valence-corrected chi connectivity index (χ2v) is 10.8. The number of hydrogen-bond donors (Lipinski definition) is 1. The third kappa shape index (κ3) is 7.88. The van der Waals surface area contributed by atoms with E-state index in [0.717, 1.165) is 27.8 Å². The van der Waals surface area contributed by atoms with Gasteiger partial charge in [0, 0.05) is 23.1 Å². The van der Waals surface area contributed by atoms with Crippen LogP contribution in [0.25, 0.3) is 0 Å². The van der Waals surface area contributed by atoms with E-state index >= 15 is 0 Å². The summed E-state index contributed by atoms with van der Waals surface area (Å²) < 4.78 is 46.4. The molecule has 186 valence electrons. The Morgan fingerprint density at radius 2 is 1.80 bits per heavy atom. The first-order valence-electron chi connectivity index (χ1n) is 10.9. The van der Waals surface area contributed by atoms with Gasteiger partial charge in [0.1, 0.15) is 18.1 Å². The molecule has 0 atom stereocenters. The van der Waals surface area contributed by atoms with E-state index in [2.05, 4.69) is 5.32 Å². The second kappa shape index (κ2) is 12.8. The molecule has 0 unspecified atom stereocenters. The Bertz CT molecular complexity index is 1220. The van der Waals surface area contributed by atoms with Gasteiger partial charge in [0.15, 0.2) is 0 Å². The number of anilines is 1. The molecule has 10 heteroatoms. The van der Waals surface area contributed by atoms with Gasteiger partial charge in [-0.25, -0.2) is 12.8 Å². The summed E-state index contributed by atoms with van der Waals surface area (Å²) in [6, 6.07) is 18.5. The van der Waals surface area contributed by atoms with Crippen molar-refractivity contribution >= 4 is 45.0 Å². The fourth-order valence-electron chi connectivity index (χ4n) is 3.19. The molecule has 0 aliphatic heterocycles. The van der Waals surface area contributed by atoms with Crippen molar-refractivity contribution < 1.29 is 22.3 Å². The summed E-state index contributed by atoms with van der Waals surface area (Å²) in [6.07, 6.45) is 0. The van der Waals surface area contributed by atoms with E-state index in [0.29, 0.717) is 35.4 Å². The van der Waals surface area contributed by atoms with Crippen LogP contribution in [0.4, 0.5) is 10.1 Å². The van der Waals surface area contributed by atoms with Crippen molar-refractivity contribution in [2.45, 2.75) is 17.6 Å². The van der Waals surface area contributed by atoms with Crippen molar-refractivity contribution in [3.63, 3.8) is 0 Å². The molecule has 0 aliphatic carbocycles. The molecule has 0 bridgehead atoms. The fourth-order valence-corrected chi connectivity index (χ4v) is 5.63. The summed E-state index contributed by atoms with van der Waals surface area (Å²) in [7, 11) is -4.12. The normalized spacial score (nSPS) is 11.2. The molecule has 1 amide bonds. The lowest BCUT2D eigenvalue weighted by atomic mass is 10.2. The van der Waals surface area contributed by atoms with E-state index in [1.54, 1.807) is 36.0 Å². The van der Waals surface area contributed by atoms with Gasteiger partial charge in [-0.15, -0.1) is 0 Å². The average molecular weight is 537 g/mol. The van der Waals surface area contributed by atoms with Crippen molar-refractivity contribution in [1.29, 1.82) is 0 Å². The van der Waals surface area contributed by atoms with Crippen LogP contribution in [-0.4, -0.2) is 39.8 Å². The molecule has 0 heterocycles. The Labute approximate surface area is 214 Å². The highest BCUT2D eigenvalue weighted by Crippen LogP contribution is 2.26. The maximum Gasteiger partial charge on any atom is 0.264 e.